The molecule has 4 nitrogen and oxygen atoms in total. The van der Waals surface area contributed by atoms with Crippen LogP contribution in [0.4, 0.5) is 14.5 Å². The Labute approximate surface area is 110 Å². The molecule has 0 aliphatic carbocycles. The van der Waals surface area contributed by atoms with Crippen LogP contribution < -0.4 is 4.90 Å². The number of hydrogen-bond donors (Lipinski definition) is 2. The van der Waals surface area contributed by atoms with Gasteiger partial charge in [0.25, 0.3) is 0 Å². The van der Waals surface area contributed by atoms with Crippen LogP contribution in [0.5, 0.6) is 0 Å². The summed E-state index contributed by atoms with van der Waals surface area (Å²) < 4.78 is 27.7. The SMILES string of the molecule is CCCCN(CCO)c1c(F)cc(C(=O)O)cc1F. The second-order valence-electron chi connectivity index (χ2n) is 4.16. The van der Waals surface area contributed by atoms with Gasteiger partial charge in [-0.2, -0.15) is 0 Å². The maximum Gasteiger partial charge on any atom is 0.335 e. The Hall–Kier alpha value is -1.69. The molecule has 1 aromatic rings. The highest BCUT2D eigenvalue weighted by molar-refractivity contribution is 5.88. The van der Waals surface area contributed by atoms with Crippen molar-refractivity contribution < 1.29 is 23.8 Å². The molecule has 6 heteroatoms. The third-order valence-electron chi connectivity index (χ3n) is 2.73. The van der Waals surface area contributed by atoms with E-state index in [2.05, 4.69) is 0 Å². The van der Waals surface area contributed by atoms with Gasteiger partial charge in [-0.05, 0) is 18.6 Å². The Kier molecular flexibility index (Phi) is 5.69. The molecule has 0 saturated heterocycles. The standard InChI is InChI=1S/C13H17F2NO3/c1-2-3-4-16(5-6-17)12-10(14)7-9(13(18)19)8-11(12)15/h7-8,17H,2-6H2,1H3,(H,18,19). The lowest BCUT2D eigenvalue weighted by Gasteiger charge is -2.24. The number of anilines is 1. The number of halogens is 2. The minimum absolute atomic E-state index is 0.0975. The van der Waals surface area contributed by atoms with Gasteiger partial charge in [-0.15, -0.1) is 0 Å². The van der Waals surface area contributed by atoms with Crippen molar-refractivity contribution >= 4 is 11.7 Å². The summed E-state index contributed by atoms with van der Waals surface area (Å²) in [7, 11) is 0. The Morgan fingerprint density at radius 2 is 1.84 bits per heavy atom. The number of aliphatic hydroxyl groups excluding tert-OH is 1. The van der Waals surface area contributed by atoms with Crippen LogP contribution in [0, 0.1) is 11.6 Å². The number of carbonyl (C=O) groups is 1. The second kappa shape index (κ2) is 7.04. The summed E-state index contributed by atoms with van der Waals surface area (Å²) in [5.41, 5.74) is -0.717. The van der Waals surface area contributed by atoms with Crippen LogP contribution in [0.1, 0.15) is 30.1 Å². The summed E-state index contributed by atoms with van der Waals surface area (Å²) in [6.45, 7) is 2.21. The van der Waals surface area contributed by atoms with Crippen molar-refractivity contribution in [2.24, 2.45) is 0 Å². The van der Waals surface area contributed by atoms with Crippen molar-refractivity contribution in [2.75, 3.05) is 24.6 Å². The summed E-state index contributed by atoms with van der Waals surface area (Å²) in [5, 5.41) is 17.7. The molecule has 0 atom stereocenters. The van der Waals surface area contributed by atoms with Crippen molar-refractivity contribution in [3.8, 4) is 0 Å². The zero-order valence-corrected chi connectivity index (χ0v) is 10.7. The minimum atomic E-state index is -1.38. The molecular formula is C13H17F2NO3. The normalized spacial score (nSPS) is 10.5. The van der Waals surface area contributed by atoms with Crippen LogP contribution in [0.2, 0.25) is 0 Å². The molecule has 1 rings (SSSR count). The first kappa shape index (κ1) is 15.4. The van der Waals surface area contributed by atoms with E-state index >= 15 is 0 Å². The number of hydrogen-bond acceptors (Lipinski definition) is 3. The van der Waals surface area contributed by atoms with Gasteiger partial charge in [0, 0.05) is 13.1 Å². The van der Waals surface area contributed by atoms with Crippen molar-refractivity contribution in [3.05, 3.63) is 29.3 Å². The van der Waals surface area contributed by atoms with Gasteiger partial charge in [0.2, 0.25) is 0 Å². The highest BCUT2D eigenvalue weighted by Gasteiger charge is 2.19. The van der Waals surface area contributed by atoms with Gasteiger partial charge in [-0.3, -0.25) is 0 Å². The van der Waals surface area contributed by atoms with Crippen molar-refractivity contribution in [1.29, 1.82) is 0 Å². The number of aliphatic hydroxyl groups is 1. The lowest BCUT2D eigenvalue weighted by atomic mass is 10.1. The molecule has 0 aliphatic rings. The maximum absolute atomic E-state index is 13.8. The number of carboxylic acids is 1. The number of unbranched alkanes of at least 4 members (excludes halogenated alkanes) is 1. The van der Waals surface area contributed by atoms with Crippen molar-refractivity contribution in [1.82, 2.24) is 0 Å². The van der Waals surface area contributed by atoms with Crippen molar-refractivity contribution in [2.45, 2.75) is 19.8 Å². The quantitative estimate of drug-likeness (QED) is 0.800. The molecule has 1 aromatic carbocycles. The summed E-state index contributed by atoms with van der Waals surface area (Å²) in [4.78, 5) is 12.1. The fraction of sp³-hybridized carbons (Fsp3) is 0.462. The first-order valence-electron chi connectivity index (χ1n) is 6.09. The lowest BCUT2D eigenvalue weighted by molar-refractivity contribution is 0.0695. The zero-order chi connectivity index (χ0) is 14.4. The van der Waals surface area contributed by atoms with E-state index < -0.39 is 23.2 Å². The third-order valence-corrected chi connectivity index (χ3v) is 2.73. The Morgan fingerprint density at radius 3 is 2.26 bits per heavy atom. The van der Waals surface area contributed by atoms with E-state index in [0.717, 1.165) is 25.0 Å². The maximum atomic E-state index is 13.8. The molecule has 0 aromatic heterocycles. The van der Waals surface area contributed by atoms with Crippen LogP contribution in [0.25, 0.3) is 0 Å². The summed E-state index contributed by atoms with van der Waals surface area (Å²) in [5.74, 6) is -3.24. The molecule has 0 aliphatic heterocycles. The average Bonchev–Trinajstić information content (AvgIpc) is 2.34. The second-order valence-corrected chi connectivity index (χ2v) is 4.16. The van der Waals surface area contributed by atoms with Gasteiger partial charge in [0.15, 0.2) is 0 Å². The predicted octanol–water partition coefficient (Wildman–Crippen LogP) is 2.26. The van der Waals surface area contributed by atoms with E-state index in [4.69, 9.17) is 10.2 Å². The molecule has 2 N–H and O–H groups in total. The summed E-state index contributed by atoms with van der Waals surface area (Å²) >= 11 is 0. The highest BCUT2D eigenvalue weighted by atomic mass is 19.1. The van der Waals surface area contributed by atoms with Crippen LogP contribution in [0.3, 0.4) is 0 Å². The van der Waals surface area contributed by atoms with Gasteiger partial charge in [0.05, 0.1) is 12.2 Å². The van der Waals surface area contributed by atoms with E-state index in [-0.39, 0.29) is 18.8 Å². The molecule has 0 unspecified atom stereocenters. The molecular weight excluding hydrogens is 256 g/mol. The van der Waals surface area contributed by atoms with E-state index in [1.54, 1.807) is 0 Å². The topological polar surface area (TPSA) is 60.8 Å². The van der Waals surface area contributed by atoms with Crippen LogP contribution >= 0.6 is 0 Å². The Morgan fingerprint density at radius 1 is 1.26 bits per heavy atom. The van der Waals surface area contributed by atoms with Gasteiger partial charge in [-0.1, -0.05) is 13.3 Å². The molecule has 0 fully saturated rings. The molecule has 0 heterocycles. The van der Waals surface area contributed by atoms with E-state index in [9.17, 15) is 13.6 Å². The minimum Gasteiger partial charge on any atom is -0.478 e. The lowest BCUT2D eigenvalue weighted by Crippen LogP contribution is -2.29. The fourth-order valence-corrected chi connectivity index (χ4v) is 1.80. The van der Waals surface area contributed by atoms with Crippen LogP contribution in [-0.4, -0.2) is 35.9 Å². The fourth-order valence-electron chi connectivity index (χ4n) is 1.80. The molecule has 0 amide bonds. The summed E-state index contributed by atoms with van der Waals surface area (Å²) in [6.07, 6.45) is 1.57. The van der Waals surface area contributed by atoms with Gasteiger partial charge < -0.3 is 15.1 Å². The van der Waals surface area contributed by atoms with E-state index in [0.29, 0.717) is 6.54 Å². The molecule has 0 bridgehead atoms. The van der Waals surface area contributed by atoms with E-state index in [1.807, 2.05) is 6.92 Å². The molecule has 0 spiro atoms. The van der Waals surface area contributed by atoms with E-state index in [1.165, 1.54) is 4.90 Å². The molecule has 106 valence electrons. The third kappa shape index (κ3) is 3.89. The van der Waals surface area contributed by atoms with Crippen molar-refractivity contribution in [3.63, 3.8) is 0 Å². The molecule has 19 heavy (non-hydrogen) atoms. The van der Waals surface area contributed by atoms with Gasteiger partial charge >= 0.3 is 5.97 Å². The zero-order valence-electron chi connectivity index (χ0n) is 10.7. The largest absolute Gasteiger partial charge is 0.478 e. The highest BCUT2D eigenvalue weighted by Crippen LogP contribution is 2.25. The number of benzene rings is 1. The van der Waals surface area contributed by atoms with Gasteiger partial charge in [0.1, 0.15) is 17.3 Å². The number of aromatic carboxylic acids is 1. The smallest absolute Gasteiger partial charge is 0.335 e. The Bertz CT molecular complexity index is 429. The Balaban J connectivity index is 3.11. The summed E-state index contributed by atoms with van der Waals surface area (Å²) in [6, 6.07) is 1.58. The van der Waals surface area contributed by atoms with Gasteiger partial charge in [-0.25, -0.2) is 13.6 Å². The molecule has 0 saturated carbocycles. The number of nitrogens with zero attached hydrogens (tertiary/aromatic N) is 1. The molecule has 0 radical (unpaired) electrons. The first-order chi connectivity index (χ1) is 9.01. The number of rotatable bonds is 7. The predicted molar refractivity (Wildman–Crippen MR) is 67.5 cm³/mol. The number of carboxylic acid groups (broad SMARTS) is 1. The average molecular weight is 273 g/mol. The first-order valence-corrected chi connectivity index (χ1v) is 6.09. The monoisotopic (exact) mass is 273 g/mol. The van der Waals surface area contributed by atoms with Crippen LogP contribution in [0.15, 0.2) is 12.1 Å². The van der Waals surface area contributed by atoms with Crippen LogP contribution in [-0.2, 0) is 0 Å².